The molecule has 11 heteroatoms. The number of ketones is 1. The van der Waals surface area contributed by atoms with Crippen molar-refractivity contribution in [2.75, 3.05) is 14.2 Å². The van der Waals surface area contributed by atoms with E-state index < -0.39 is 29.2 Å². The molecule has 0 saturated heterocycles. The van der Waals surface area contributed by atoms with E-state index in [4.69, 9.17) is 21.1 Å². The summed E-state index contributed by atoms with van der Waals surface area (Å²) in [5.74, 6) is -1.26. The number of rotatable bonds is 8. The number of carbonyl (C=O) groups excluding carboxylic acids is 3. The molecule has 254 valence electrons. The van der Waals surface area contributed by atoms with E-state index in [1.165, 1.54) is 6.92 Å². The third-order valence-electron chi connectivity index (χ3n) is 8.72. The van der Waals surface area contributed by atoms with Crippen LogP contribution >= 0.6 is 22.9 Å². The number of Topliss-reactive ketones (excluding diaryl/α,β-unsaturated/α-hetero) is 1. The minimum Gasteiger partial charge on any atom is -0.496 e. The van der Waals surface area contributed by atoms with Crippen LogP contribution in [-0.4, -0.2) is 59.4 Å². The molecule has 3 aromatic carbocycles. The Morgan fingerprint density at radius 2 is 1.52 bits per heavy atom. The monoisotopic (exact) mass is 696 g/mol. The van der Waals surface area contributed by atoms with Crippen LogP contribution in [0.3, 0.4) is 0 Å². The van der Waals surface area contributed by atoms with Crippen LogP contribution in [0.1, 0.15) is 79.0 Å². The van der Waals surface area contributed by atoms with Crippen LogP contribution in [0.25, 0.3) is 21.2 Å². The molecule has 0 N–H and O–H groups in total. The Morgan fingerprint density at radius 3 is 2.10 bits per heavy atom. The largest absolute Gasteiger partial charge is 0.496 e. The highest BCUT2D eigenvalue weighted by Crippen LogP contribution is 2.41. The lowest BCUT2D eigenvalue weighted by atomic mass is 9.89. The number of nitrogens with zero attached hydrogens (tertiary/aromatic N) is 2. The lowest BCUT2D eigenvalue weighted by Gasteiger charge is -2.40. The van der Waals surface area contributed by atoms with Crippen LogP contribution in [0.15, 0.2) is 54.6 Å². The van der Waals surface area contributed by atoms with Crippen LogP contribution in [0.2, 0.25) is 5.02 Å². The van der Waals surface area contributed by atoms with Gasteiger partial charge < -0.3 is 19.3 Å². The first kappa shape index (κ1) is 35.3. The summed E-state index contributed by atoms with van der Waals surface area (Å²) in [7, 11) is 3.28. The summed E-state index contributed by atoms with van der Waals surface area (Å²) in [5.41, 5.74) is 2.44. The summed E-state index contributed by atoms with van der Waals surface area (Å²) in [6, 6.07) is 14.6. The van der Waals surface area contributed by atoms with Crippen molar-refractivity contribution >= 4 is 50.8 Å². The standard InChI is InChI=1S/C37H39ClF2N2O5S/c1-21(43)22-7-9-23(10-8-22)24-11-18-30(46-6)25(19-24)20-42(27-14-12-26(13-15-27)41(5)36(45)47-37(2,3)4)35(44)34-32(38)31-28(39)16-17-29(40)33(31)48-34/h7-11,16-19,26-27H,12-15,20H2,1-6H3/t26-,27-. The van der Waals surface area contributed by atoms with Crippen molar-refractivity contribution in [3.8, 4) is 16.9 Å². The molecule has 1 aromatic heterocycles. The van der Waals surface area contributed by atoms with Gasteiger partial charge in [-0.2, -0.15) is 0 Å². The van der Waals surface area contributed by atoms with E-state index in [2.05, 4.69) is 0 Å². The zero-order valence-corrected chi connectivity index (χ0v) is 29.4. The Balaban J connectivity index is 1.49. The lowest BCUT2D eigenvalue weighted by molar-refractivity contribution is 0.0144. The summed E-state index contributed by atoms with van der Waals surface area (Å²) in [4.78, 5) is 42.4. The molecule has 1 saturated carbocycles. The van der Waals surface area contributed by atoms with Gasteiger partial charge in [-0.05, 0) is 88.8 Å². The van der Waals surface area contributed by atoms with Gasteiger partial charge >= 0.3 is 6.09 Å². The predicted molar refractivity (Wildman–Crippen MR) is 185 cm³/mol. The summed E-state index contributed by atoms with van der Waals surface area (Å²) in [6.45, 7) is 7.11. The molecule has 1 heterocycles. The van der Waals surface area contributed by atoms with Gasteiger partial charge in [-0.3, -0.25) is 9.59 Å². The number of thiophene rings is 1. The molecule has 4 aromatic rings. The molecule has 0 unspecified atom stereocenters. The van der Waals surface area contributed by atoms with Crippen molar-refractivity contribution in [2.45, 2.75) is 77.6 Å². The normalized spacial score (nSPS) is 16.4. The molecule has 0 atom stereocenters. The van der Waals surface area contributed by atoms with Gasteiger partial charge in [0.2, 0.25) is 0 Å². The van der Waals surface area contributed by atoms with E-state index in [-0.39, 0.29) is 44.4 Å². The predicted octanol–water partition coefficient (Wildman–Crippen LogP) is 9.53. The highest BCUT2D eigenvalue weighted by atomic mass is 35.5. The number of carbonyl (C=O) groups is 3. The maximum absolute atomic E-state index is 14.8. The molecule has 0 radical (unpaired) electrons. The molecule has 48 heavy (non-hydrogen) atoms. The highest BCUT2D eigenvalue weighted by Gasteiger charge is 2.35. The average Bonchev–Trinajstić information content (AvgIpc) is 3.42. The van der Waals surface area contributed by atoms with Crippen LogP contribution in [0.4, 0.5) is 13.6 Å². The van der Waals surface area contributed by atoms with E-state index in [9.17, 15) is 23.2 Å². The van der Waals surface area contributed by atoms with Gasteiger partial charge in [0.25, 0.3) is 5.91 Å². The molecule has 7 nitrogen and oxygen atoms in total. The van der Waals surface area contributed by atoms with Crippen molar-refractivity contribution in [3.63, 3.8) is 0 Å². The minimum atomic E-state index is -0.700. The van der Waals surface area contributed by atoms with Gasteiger partial charge in [0, 0.05) is 36.8 Å². The Labute approximate surface area is 288 Å². The van der Waals surface area contributed by atoms with E-state index in [1.54, 1.807) is 36.1 Å². The first-order valence-electron chi connectivity index (χ1n) is 15.8. The number of benzene rings is 3. The highest BCUT2D eigenvalue weighted by molar-refractivity contribution is 7.21. The van der Waals surface area contributed by atoms with Crippen LogP contribution < -0.4 is 4.74 Å². The second kappa shape index (κ2) is 14.2. The van der Waals surface area contributed by atoms with Crippen LogP contribution in [-0.2, 0) is 11.3 Å². The number of halogens is 3. The summed E-state index contributed by atoms with van der Waals surface area (Å²) < 4.78 is 40.9. The number of hydrogen-bond donors (Lipinski definition) is 0. The van der Waals surface area contributed by atoms with Gasteiger partial charge in [0.05, 0.1) is 22.2 Å². The van der Waals surface area contributed by atoms with Crippen molar-refractivity contribution < 1.29 is 32.6 Å². The lowest BCUT2D eigenvalue weighted by Crippen LogP contribution is -2.47. The number of methoxy groups -OCH3 is 1. The number of ether oxygens (including phenoxy) is 2. The first-order valence-corrected chi connectivity index (χ1v) is 17.0. The molecule has 1 aliphatic carbocycles. The fourth-order valence-electron chi connectivity index (χ4n) is 6.14. The maximum atomic E-state index is 14.8. The molecule has 1 aliphatic rings. The topological polar surface area (TPSA) is 76.2 Å². The Morgan fingerprint density at radius 1 is 0.917 bits per heavy atom. The van der Waals surface area contributed by atoms with E-state index in [0.717, 1.165) is 40.2 Å². The Bertz CT molecular complexity index is 1850. The van der Waals surface area contributed by atoms with Gasteiger partial charge in [0.1, 0.15) is 27.9 Å². The second-order valence-electron chi connectivity index (χ2n) is 13.1. The smallest absolute Gasteiger partial charge is 0.410 e. The molecule has 0 spiro atoms. The molecule has 0 bridgehead atoms. The molecular weight excluding hydrogens is 658 g/mol. The minimum absolute atomic E-state index is 0.0143. The van der Waals surface area contributed by atoms with Crippen molar-refractivity contribution in [2.24, 2.45) is 0 Å². The van der Waals surface area contributed by atoms with E-state index in [0.29, 0.717) is 37.0 Å². The average molecular weight is 697 g/mol. The third kappa shape index (κ3) is 7.50. The quantitative estimate of drug-likeness (QED) is 0.172. The third-order valence-corrected chi connectivity index (χ3v) is 10.4. The fraction of sp³-hybridized carbons (Fsp3) is 0.378. The Kier molecular flexibility index (Phi) is 10.5. The Hall–Kier alpha value is -4.02. The van der Waals surface area contributed by atoms with Crippen molar-refractivity contribution in [1.82, 2.24) is 9.80 Å². The molecular formula is C37H39ClF2N2O5S. The number of amides is 2. The zero-order valence-electron chi connectivity index (χ0n) is 27.9. The molecule has 2 amide bonds. The van der Waals surface area contributed by atoms with Gasteiger partial charge in [-0.15, -0.1) is 11.3 Å². The maximum Gasteiger partial charge on any atom is 0.410 e. The summed E-state index contributed by atoms with van der Waals surface area (Å²) >= 11 is 7.45. The first-order chi connectivity index (χ1) is 22.7. The zero-order chi connectivity index (χ0) is 34.9. The van der Waals surface area contributed by atoms with E-state index in [1.807, 2.05) is 51.1 Å². The molecule has 1 fully saturated rings. The SMILES string of the molecule is COc1ccc(-c2ccc(C(C)=O)cc2)cc1CN(C(=O)c1sc2c(F)ccc(F)c2c1Cl)[C@H]1CC[C@H](N(C)C(=O)OC(C)(C)C)CC1. The van der Waals surface area contributed by atoms with Crippen molar-refractivity contribution in [1.29, 1.82) is 0 Å². The van der Waals surface area contributed by atoms with Gasteiger partial charge in [0.15, 0.2) is 5.78 Å². The molecule has 0 aliphatic heterocycles. The van der Waals surface area contributed by atoms with Gasteiger partial charge in [-0.25, -0.2) is 13.6 Å². The summed E-state index contributed by atoms with van der Waals surface area (Å²) in [5, 5.41) is -0.229. The second-order valence-corrected chi connectivity index (χ2v) is 14.5. The fourth-order valence-corrected chi connectivity index (χ4v) is 7.64. The van der Waals surface area contributed by atoms with Crippen molar-refractivity contribution in [3.05, 3.63) is 87.3 Å². The molecule has 5 rings (SSSR count). The summed E-state index contributed by atoms with van der Waals surface area (Å²) in [6.07, 6.45) is 1.98. The number of hydrogen-bond acceptors (Lipinski definition) is 6. The number of fused-ring (bicyclic) bond motifs is 1. The van der Waals surface area contributed by atoms with E-state index >= 15 is 0 Å². The van der Waals surface area contributed by atoms with Crippen LogP contribution in [0, 0.1) is 11.6 Å². The van der Waals surface area contributed by atoms with Gasteiger partial charge in [-0.1, -0.05) is 41.9 Å². The van der Waals surface area contributed by atoms with Crippen LogP contribution in [0.5, 0.6) is 5.75 Å².